The number of hydrogen-bond donors (Lipinski definition) is 2. The van der Waals surface area contributed by atoms with Crippen molar-refractivity contribution in [1.29, 1.82) is 0 Å². The Kier molecular flexibility index (Phi) is 3.14. The van der Waals surface area contributed by atoms with E-state index >= 15 is 0 Å². The van der Waals surface area contributed by atoms with Gasteiger partial charge in [0.05, 0.1) is 11.4 Å². The van der Waals surface area contributed by atoms with Gasteiger partial charge in [0.25, 0.3) is 0 Å². The minimum Gasteiger partial charge on any atom is -0.409 e. The molecule has 1 aromatic heterocycles. The molecule has 0 aliphatic rings. The summed E-state index contributed by atoms with van der Waals surface area (Å²) in [4.78, 5) is 0. The third-order valence-corrected chi connectivity index (χ3v) is 2.80. The lowest BCUT2D eigenvalue weighted by molar-refractivity contribution is 0.318. The van der Waals surface area contributed by atoms with E-state index in [0.717, 1.165) is 15.9 Å². The highest BCUT2D eigenvalue weighted by atomic mass is 79.9. The van der Waals surface area contributed by atoms with Gasteiger partial charge in [0, 0.05) is 16.2 Å². The second-order valence-electron chi connectivity index (χ2n) is 3.55. The van der Waals surface area contributed by atoms with Gasteiger partial charge in [-0.15, -0.1) is 0 Å². The van der Waals surface area contributed by atoms with E-state index in [2.05, 4.69) is 26.2 Å². The minimum absolute atomic E-state index is 0.0504. The first-order valence-corrected chi connectivity index (χ1v) is 5.71. The second-order valence-corrected chi connectivity index (χ2v) is 4.46. The van der Waals surface area contributed by atoms with Crippen LogP contribution < -0.4 is 5.73 Å². The predicted molar refractivity (Wildman–Crippen MR) is 68.5 cm³/mol. The molecule has 0 spiro atoms. The number of benzene rings is 1. The number of nitrogens with two attached hydrogens (primary N) is 1. The molecular formula is C11H11BrN4O. The lowest BCUT2D eigenvalue weighted by atomic mass is 10.1. The first-order valence-electron chi connectivity index (χ1n) is 4.92. The molecule has 0 radical (unpaired) electrons. The fourth-order valence-electron chi connectivity index (χ4n) is 1.52. The largest absolute Gasteiger partial charge is 0.409 e. The molecule has 0 bridgehead atoms. The molecule has 3 N–H and O–H groups in total. The zero-order chi connectivity index (χ0) is 12.4. The van der Waals surface area contributed by atoms with Gasteiger partial charge in [-0.05, 0) is 31.2 Å². The highest BCUT2D eigenvalue weighted by molar-refractivity contribution is 9.10. The van der Waals surface area contributed by atoms with E-state index in [1.165, 1.54) is 0 Å². The molecule has 6 heteroatoms. The third kappa shape index (κ3) is 2.31. The summed E-state index contributed by atoms with van der Waals surface area (Å²) in [6.07, 6.45) is 1.83. The molecule has 5 nitrogen and oxygen atoms in total. The van der Waals surface area contributed by atoms with Gasteiger partial charge in [0.2, 0.25) is 0 Å². The highest BCUT2D eigenvalue weighted by Crippen LogP contribution is 2.19. The second kappa shape index (κ2) is 4.58. The Labute approximate surface area is 107 Å². The fraction of sp³-hybridized carbons (Fsp3) is 0.0909. The van der Waals surface area contributed by atoms with Crippen LogP contribution in [0.4, 0.5) is 0 Å². The number of oxime groups is 1. The Hall–Kier alpha value is -1.82. The zero-order valence-electron chi connectivity index (χ0n) is 9.13. The van der Waals surface area contributed by atoms with Gasteiger partial charge < -0.3 is 10.9 Å². The van der Waals surface area contributed by atoms with Gasteiger partial charge in [-0.25, -0.2) is 4.68 Å². The third-order valence-electron chi connectivity index (χ3n) is 2.31. The van der Waals surface area contributed by atoms with Crippen molar-refractivity contribution in [3.63, 3.8) is 0 Å². The maximum absolute atomic E-state index is 8.77. The van der Waals surface area contributed by atoms with Crippen molar-refractivity contribution in [2.75, 3.05) is 0 Å². The first-order chi connectivity index (χ1) is 8.11. The molecule has 1 aromatic carbocycles. The number of halogens is 1. The van der Waals surface area contributed by atoms with Crippen molar-refractivity contribution in [2.24, 2.45) is 10.9 Å². The van der Waals surface area contributed by atoms with Crippen molar-refractivity contribution in [3.05, 3.63) is 46.2 Å². The Morgan fingerprint density at radius 1 is 1.47 bits per heavy atom. The Morgan fingerprint density at radius 2 is 2.24 bits per heavy atom. The zero-order valence-corrected chi connectivity index (χ0v) is 10.7. The summed E-state index contributed by atoms with van der Waals surface area (Å²) in [5.74, 6) is 0.0504. The van der Waals surface area contributed by atoms with Crippen LogP contribution in [0.25, 0.3) is 5.69 Å². The SMILES string of the molecule is Cc1ccn(-c2ccc(Br)cc2/C(N)=N/O)n1. The first kappa shape index (κ1) is 11.7. The molecule has 0 atom stereocenters. The van der Waals surface area contributed by atoms with Crippen LogP contribution in [0.5, 0.6) is 0 Å². The smallest absolute Gasteiger partial charge is 0.172 e. The Bertz CT molecular complexity index is 577. The summed E-state index contributed by atoms with van der Waals surface area (Å²) in [6, 6.07) is 7.39. The van der Waals surface area contributed by atoms with Crippen molar-refractivity contribution in [1.82, 2.24) is 9.78 Å². The average Bonchev–Trinajstić information content (AvgIpc) is 2.74. The number of aryl methyl sites for hydroxylation is 1. The monoisotopic (exact) mass is 294 g/mol. The lowest BCUT2D eigenvalue weighted by Crippen LogP contribution is -2.16. The van der Waals surface area contributed by atoms with Crippen LogP contribution in [0, 0.1) is 6.92 Å². The normalized spacial score (nSPS) is 11.8. The van der Waals surface area contributed by atoms with Crippen molar-refractivity contribution in [2.45, 2.75) is 6.92 Å². The van der Waals surface area contributed by atoms with Crippen LogP contribution in [-0.4, -0.2) is 20.8 Å². The lowest BCUT2D eigenvalue weighted by Gasteiger charge is -2.08. The number of hydrogen-bond acceptors (Lipinski definition) is 3. The average molecular weight is 295 g/mol. The van der Waals surface area contributed by atoms with E-state index in [-0.39, 0.29) is 5.84 Å². The molecule has 0 fully saturated rings. The van der Waals surface area contributed by atoms with Crippen LogP contribution in [0.15, 0.2) is 40.1 Å². The summed E-state index contributed by atoms with van der Waals surface area (Å²) < 4.78 is 2.54. The Balaban J connectivity index is 2.61. The molecule has 0 saturated heterocycles. The van der Waals surface area contributed by atoms with Crippen LogP contribution in [0.3, 0.4) is 0 Å². The van der Waals surface area contributed by atoms with Crippen molar-refractivity contribution in [3.8, 4) is 5.69 Å². The van der Waals surface area contributed by atoms with E-state index in [9.17, 15) is 0 Å². The molecule has 88 valence electrons. The predicted octanol–water partition coefficient (Wildman–Crippen LogP) is 2.04. The van der Waals surface area contributed by atoms with Gasteiger partial charge in [0.15, 0.2) is 5.84 Å². The summed E-state index contributed by atoms with van der Waals surface area (Å²) in [6.45, 7) is 1.90. The van der Waals surface area contributed by atoms with E-state index in [0.29, 0.717) is 5.56 Å². The molecule has 2 rings (SSSR count). The summed E-state index contributed by atoms with van der Waals surface area (Å²) >= 11 is 3.35. The maximum Gasteiger partial charge on any atom is 0.172 e. The van der Waals surface area contributed by atoms with Crippen LogP contribution >= 0.6 is 15.9 Å². The van der Waals surface area contributed by atoms with E-state index in [1.54, 1.807) is 10.7 Å². The fourth-order valence-corrected chi connectivity index (χ4v) is 1.88. The minimum atomic E-state index is 0.0504. The maximum atomic E-state index is 8.77. The van der Waals surface area contributed by atoms with Gasteiger partial charge >= 0.3 is 0 Å². The number of amidine groups is 1. The van der Waals surface area contributed by atoms with Crippen LogP contribution in [0.2, 0.25) is 0 Å². The standard InChI is InChI=1S/C11H11BrN4O/c1-7-4-5-16(14-7)10-3-2-8(12)6-9(10)11(13)15-17/h2-6,17H,1H3,(H2,13,15). The highest BCUT2D eigenvalue weighted by Gasteiger charge is 2.10. The number of rotatable bonds is 2. The quantitative estimate of drug-likeness (QED) is 0.385. The number of aromatic nitrogens is 2. The summed E-state index contributed by atoms with van der Waals surface area (Å²) in [5, 5.41) is 16.1. The van der Waals surface area contributed by atoms with E-state index in [1.807, 2.05) is 31.3 Å². The van der Waals surface area contributed by atoms with Crippen molar-refractivity contribution < 1.29 is 5.21 Å². The van der Waals surface area contributed by atoms with Crippen molar-refractivity contribution >= 4 is 21.8 Å². The van der Waals surface area contributed by atoms with E-state index in [4.69, 9.17) is 10.9 Å². The Morgan fingerprint density at radius 3 is 2.82 bits per heavy atom. The molecule has 0 aliphatic carbocycles. The molecule has 1 heterocycles. The van der Waals surface area contributed by atoms with Crippen LogP contribution in [0.1, 0.15) is 11.3 Å². The summed E-state index contributed by atoms with van der Waals surface area (Å²) in [5.41, 5.74) is 7.92. The van der Waals surface area contributed by atoms with Gasteiger partial charge in [-0.1, -0.05) is 21.1 Å². The molecular weight excluding hydrogens is 284 g/mol. The molecule has 17 heavy (non-hydrogen) atoms. The molecule has 0 saturated carbocycles. The van der Waals surface area contributed by atoms with Gasteiger partial charge in [-0.3, -0.25) is 0 Å². The molecule has 0 unspecified atom stereocenters. The summed E-state index contributed by atoms with van der Waals surface area (Å²) in [7, 11) is 0. The number of nitrogens with zero attached hydrogens (tertiary/aromatic N) is 3. The molecule has 0 aliphatic heterocycles. The van der Waals surface area contributed by atoms with Gasteiger partial charge in [0.1, 0.15) is 0 Å². The van der Waals surface area contributed by atoms with Gasteiger partial charge in [-0.2, -0.15) is 5.10 Å². The molecule has 2 aromatic rings. The van der Waals surface area contributed by atoms with E-state index < -0.39 is 0 Å². The topological polar surface area (TPSA) is 76.4 Å². The van der Waals surface area contributed by atoms with Crippen LogP contribution in [-0.2, 0) is 0 Å². The molecule has 0 amide bonds.